The van der Waals surface area contributed by atoms with Crippen LogP contribution in [0, 0.1) is 0 Å². The fourth-order valence-electron chi connectivity index (χ4n) is 2.75. The smallest absolute Gasteiger partial charge is 0.300 e. The van der Waals surface area contributed by atoms with Crippen molar-refractivity contribution in [3.8, 4) is 5.75 Å². The Bertz CT molecular complexity index is 789. The van der Waals surface area contributed by atoms with E-state index in [1.807, 2.05) is 30.5 Å². The van der Waals surface area contributed by atoms with E-state index < -0.39 is 5.97 Å². The number of carbonyl (C=O) groups is 2. The van der Waals surface area contributed by atoms with E-state index in [0.29, 0.717) is 31.9 Å². The van der Waals surface area contributed by atoms with Gasteiger partial charge in [-0.3, -0.25) is 9.59 Å². The van der Waals surface area contributed by atoms with Crippen molar-refractivity contribution in [3.05, 3.63) is 53.1 Å². The van der Waals surface area contributed by atoms with Crippen LogP contribution in [0.5, 0.6) is 5.75 Å². The maximum Gasteiger partial charge on any atom is 0.300 e. The third kappa shape index (κ3) is 7.32. The molecule has 1 aliphatic carbocycles. The van der Waals surface area contributed by atoms with Gasteiger partial charge in [-0.1, -0.05) is 12.1 Å². The fourth-order valence-corrected chi connectivity index (χ4v) is 2.75. The van der Waals surface area contributed by atoms with Crippen LogP contribution in [-0.2, 0) is 35.4 Å². The van der Waals surface area contributed by atoms with Crippen LogP contribution in [0.4, 0.5) is 0 Å². The van der Waals surface area contributed by atoms with Crippen LogP contribution in [0.2, 0.25) is 0 Å². The Labute approximate surface area is 164 Å². The Morgan fingerprint density at radius 2 is 1.96 bits per heavy atom. The number of amides is 1. The molecule has 1 aromatic carbocycles. The lowest BCUT2D eigenvalue weighted by atomic mass is 10.1. The van der Waals surface area contributed by atoms with Crippen LogP contribution in [0.3, 0.4) is 0 Å². The summed E-state index contributed by atoms with van der Waals surface area (Å²) in [6.07, 6.45) is 5.42. The normalized spacial score (nSPS) is 11.8. The third-order valence-corrected chi connectivity index (χ3v) is 3.98. The number of nitrogens with two attached hydrogens (primary N) is 1. The molecule has 0 bridgehead atoms. The molecule has 8 heteroatoms. The molecule has 0 atom stereocenters. The number of fused-ring (bicyclic) bond motifs is 1. The zero-order chi connectivity index (χ0) is 20.4. The standard InChI is InChI=1S/C18H22N4O2.C2H4O2/c19-8-9-24-15-6-4-13(5-7-15)10-18(23)21-12-17-20-11-14-2-1-3-16(14)22-17;1-2(3)4/h4-7,11H,1-3,8-10,12,19H2,(H,21,23);1H3,(H,3,4). The zero-order valence-electron chi connectivity index (χ0n) is 16.0. The largest absolute Gasteiger partial charge is 0.492 e. The molecule has 0 saturated carbocycles. The molecule has 4 N–H and O–H groups in total. The lowest BCUT2D eigenvalue weighted by Crippen LogP contribution is -2.25. The van der Waals surface area contributed by atoms with Crippen molar-refractivity contribution in [2.45, 2.75) is 39.2 Å². The maximum atomic E-state index is 12.1. The number of benzene rings is 1. The molecule has 0 fully saturated rings. The van der Waals surface area contributed by atoms with E-state index in [1.165, 1.54) is 5.56 Å². The van der Waals surface area contributed by atoms with Gasteiger partial charge < -0.3 is 20.9 Å². The summed E-state index contributed by atoms with van der Waals surface area (Å²) in [5.41, 5.74) is 8.69. The monoisotopic (exact) mass is 386 g/mol. The Kier molecular flexibility index (Phi) is 8.36. The van der Waals surface area contributed by atoms with Gasteiger partial charge in [0, 0.05) is 25.4 Å². The molecule has 1 aliphatic rings. The van der Waals surface area contributed by atoms with Gasteiger partial charge in [-0.15, -0.1) is 0 Å². The molecule has 1 heterocycles. The molecular weight excluding hydrogens is 360 g/mol. The highest BCUT2D eigenvalue weighted by molar-refractivity contribution is 5.78. The molecule has 0 unspecified atom stereocenters. The lowest BCUT2D eigenvalue weighted by Gasteiger charge is -2.07. The van der Waals surface area contributed by atoms with Crippen molar-refractivity contribution in [1.29, 1.82) is 0 Å². The van der Waals surface area contributed by atoms with E-state index in [0.717, 1.165) is 43.2 Å². The van der Waals surface area contributed by atoms with Crippen molar-refractivity contribution in [3.63, 3.8) is 0 Å². The Hall–Kier alpha value is -3.00. The third-order valence-electron chi connectivity index (χ3n) is 3.98. The molecule has 0 spiro atoms. The molecule has 28 heavy (non-hydrogen) atoms. The van der Waals surface area contributed by atoms with Gasteiger partial charge >= 0.3 is 0 Å². The van der Waals surface area contributed by atoms with E-state index in [4.69, 9.17) is 20.4 Å². The maximum absolute atomic E-state index is 12.1. The van der Waals surface area contributed by atoms with Crippen molar-refractivity contribution >= 4 is 11.9 Å². The first-order valence-corrected chi connectivity index (χ1v) is 9.19. The van der Waals surface area contributed by atoms with Crippen LogP contribution < -0.4 is 15.8 Å². The zero-order valence-corrected chi connectivity index (χ0v) is 16.0. The predicted octanol–water partition coefficient (Wildman–Crippen LogP) is 1.25. The van der Waals surface area contributed by atoms with Crippen molar-refractivity contribution in [1.82, 2.24) is 15.3 Å². The van der Waals surface area contributed by atoms with Gasteiger partial charge in [0.25, 0.3) is 5.97 Å². The van der Waals surface area contributed by atoms with Gasteiger partial charge in [0.1, 0.15) is 18.2 Å². The molecule has 150 valence electrons. The molecular formula is C20H26N4O4. The number of carboxylic acids is 1. The number of aryl methyl sites for hydroxylation is 2. The fraction of sp³-hybridized carbons (Fsp3) is 0.400. The number of nitrogens with zero attached hydrogens (tertiary/aromatic N) is 2. The van der Waals surface area contributed by atoms with Crippen LogP contribution in [0.1, 0.15) is 36.0 Å². The summed E-state index contributed by atoms with van der Waals surface area (Å²) in [6, 6.07) is 7.47. The highest BCUT2D eigenvalue weighted by atomic mass is 16.5. The summed E-state index contributed by atoms with van der Waals surface area (Å²) in [5.74, 6) is 0.556. The van der Waals surface area contributed by atoms with Crippen LogP contribution in [-0.4, -0.2) is 40.1 Å². The number of hydrogen-bond acceptors (Lipinski definition) is 6. The van der Waals surface area contributed by atoms with Gasteiger partial charge in [0.2, 0.25) is 5.91 Å². The first kappa shape index (κ1) is 21.3. The van der Waals surface area contributed by atoms with Crippen LogP contribution in [0.25, 0.3) is 0 Å². The second-order valence-corrected chi connectivity index (χ2v) is 6.37. The second kappa shape index (κ2) is 11.0. The molecule has 1 amide bonds. The highest BCUT2D eigenvalue weighted by Gasteiger charge is 2.13. The van der Waals surface area contributed by atoms with E-state index in [9.17, 15) is 4.79 Å². The number of aliphatic carboxylic acids is 1. The van der Waals surface area contributed by atoms with Gasteiger partial charge in [0.05, 0.1) is 13.0 Å². The number of rotatable bonds is 7. The van der Waals surface area contributed by atoms with Crippen LogP contribution in [0.15, 0.2) is 30.5 Å². The van der Waals surface area contributed by atoms with Gasteiger partial charge in [-0.2, -0.15) is 0 Å². The highest BCUT2D eigenvalue weighted by Crippen LogP contribution is 2.18. The minimum Gasteiger partial charge on any atom is -0.492 e. The SMILES string of the molecule is CC(=O)O.NCCOc1ccc(CC(=O)NCc2ncc3c(n2)CCC3)cc1. The molecule has 1 aromatic heterocycles. The summed E-state index contributed by atoms with van der Waals surface area (Å²) in [4.78, 5) is 29.9. The minimum atomic E-state index is -0.833. The molecule has 0 radical (unpaired) electrons. The topological polar surface area (TPSA) is 127 Å². The number of aromatic nitrogens is 2. The number of carboxylic acid groups (broad SMARTS) is 1. The molecule has 8 nitrogen and oxygen atoms in total. The average molecular weight is 386 g/mol. The Balaban J connectivity index is 0.000000640. The minimum absolute atomic E-state index is 0.0466. The second-order valence-electron chi connectivity index (χ2n) is 6.37. The first-order valence-electron chi connectivity index (χ1n) is 9.19. The number of ether oxygens (including phenoxy) is 1. The van der Waals surface area contributed by atoms with E-state index in [2.05, 4.69) is 15.3 Å². The Morgan fingerprint density at radius 3 is 2.64 bits per heavy atom. The predicted molar refractivity (Wildman–Crippen MR) is 104 cm³/mol. The van der Waals surface area contributed by atoms with E-state index in [1.54, 1.807) is 0 Å². The average Bonchev–Trinajstić information content (AvgIpc) is 3.13. The molecule has 0 saturated heterocycles. The quantitative estimate of drug-likeness (QED) is 0.653. The summed E-state index contributed by atoms with van der Waals surface area (Å²) in [7, 11) is 0. The van der Waals surface area contributed by atoms with E-state index in [-0.39, 0.29) is 5.91 Å². The number of carbonyl (C=O) groups excluding carboxylic acids is 1. The molecule has 3 rings (SSSR count). The van der Waals surface area contributed by atoms with Crippen molar-refractivity contribution < 1.29 is 19.4 Å². The summed E-state index contributed by atoms with van der Waals surface area (Å²) >= 11 is 0. The van der Waals surface area contributed by atoms with Crippen LogP contribution >= 0.6 is 0 Å². The van der Waals surface area contributed by atoms with Gasteiger partial charge in [-0.25, -0.2) is 9.97 Å². The molecule has 0 aliphatic heterocycles. The summed E-state index contributed by atoms with van der Waals surface area (Å²) in [5, 5.41) is 10.3. The van der Waals surface area contributed by atoms with E-state index >= 15 is 0 Å². The number of hydrogen-bond donors (Lipinski definition) is 3. The Morgan fingerprint density at radius 1 is 1.25 bits per heavy atom. The van der Waals surface area contributed by atoms with Crippen molar-refractivity contribution in [2.75, 3.05) is 13.2 Å². The summed E-state index contributed by atoms with van der Waals surface area (Å²) < 4.78 is 5.41. The van der Waals surface area contributed by atoms with Gasteiger partial charge in [0.15, 0.2) is 0 Å². The lowest BCUT2D eigenvalue weighted by molar-refractivity contribution is -0.134. The molecule has 2 aromatic rings. The summed E-state index contributed by atoms with van der Waals surface area (Å²) in [6.45, 7) is 2.42. The first-order chi connectivity index (χ1) is 13.5. The number of nitrogens with one attached hydrogen (secondary N) is 1. The van der Waals surface area contributed by atoms with Crippen molar-refractivity contribution in [2.24, 2.45) is 5.73 Å². The van der Waals surface area contributed by atoms with Gasteiger partial charge in [-0.05, 0) is 42.5 Å².